The van der Waals surface area contributed by atoms with Gasteiger partial charge in [-0.05, 0) is 49.7 Å². The van der Waals surface area contributed by atoms with Crippen LogP contribution < -0.4 is 4.72 Å². The fourth-order valence-corrected chi connectivity index (χ4v) is 3.78. The Labute approximate surface area is 135 Å². The van der Waals surface area contributed by atoms with Gasteiger partial charge in [0.25, 0.3) is 0 Å². The molecule has 2 aromatic rings. The summed E-state index contributed by atoms with van der Waals surface area (Å²) in [5, 5.41) is 0.981. The van der Waals surface area contributed by atoms with Crippen molar-refractivity contribution < 1.29 is 8.42 Å². The minimum Gasteiger partial charge on any atom is -0.207 e. The van der Waals surface area contributed by atoms with Crippen LogP contribution >= 0.6 is 23.2 Å². The maximum atomic E-state index is 12.4. The Bertz CT molecular complexity index is 741. The predicted octanol–water partition coefficient (Wildman–Crippen LogP) is 4.21. The molecule has 0 heterocycles. The molecule has 0 aliphatic carbocycles. The number of halogens is 2. The molecule has 0 amide bonds. The quantitative estimate of drug-likeness (QED) is 0.903. The number of nitrogens with one attached hydrogen (secondary N) is 1. The summed E-state index contributed by atoms with van der Waals surface area (Å²) in [7, 11) is -3.67. The fraction of sp³-hybridized carbons (Fsp3) is 0.200. The van der Waals surface area contributed by atoms with Gasteiger partial charge in [0.2, 0.25) is 10.0 Å². The van der Waals surface area contributed by atoms with Crippen molar-refractivity contribution in [3.05, 3.63) is 64.1 Å². The molecule has 0 radical (unpaired) electrons. The molecule has 0 aliphatic heterocycles. The van der Waals surface area contributed by atoms with Gasteiger partial charge in [-0.15, -0.1) is 0 Å². The normalized spacial score (nSPS) is 12.4. The van der Waals surface area contributed by atoms with Crippen LogP contribution in [-0.4, -0.2) is 8.42 Å². The van der Waals surface area contributed by atoms with Crippen molar-refractivity contribution in [3.8, 4) is 0 Å². The van der Waals surface area contributed by atoms with E-state index in [-0.39, 0.29) is 4.90 Å². The lowest BCUT2D eigenvalue weighted by molar-refractivity contribution is 0.472. The Morgan fingerprint density at radius 1 is 0.952 bits per heavy atom. The first-order valence-corrected chi connectivity index (χ1v) is 8.50. The zero-order valence-electron chi connectivity index (χ0n) is 11.6. The Hall–Kier alpha value is -1.07. The average molecular weight is 344 g/mol. The monoisotopic (exact) mass is 343 g/mol. The second kappa shape index (κ2) is 5.97. The molecule has 2 aromatic carbocycles. The molecule has 0 saturated heterocycles. The summed E-state index contributed by atoms with van der Waals surface area (Å²) in [6, 6.07) is 13.2. The highest BCUT2D eigenvalue weighted by molar-refractivity contribution is 7.89. The van der Waals surface area contributed by atoms with E-state index in [0.717, 1.165) is 5.56 Å². The molecular weight excluding hydrogens is 329 g/mol. The highest BCUT2D eigenvalue weighted by Crippen LogP contribution is 2.25. The van der Waals surface area contributed by atoms with E-state index in [4.69, 9.17) is 23.2 Å². The van der Waals surface area contributed by atoms with Crippen LogP contribution in [0.1, 0.15) is 19.4 Å². The van der Waals surface area contributed by atoms with Gasteiger partial charge >= 0.3 is 0 Å². The highest BCUT2D eigenvalue weighted by Gasteiger charge is 2.28. The Kier molecular flexibility index (Phi) is 4.63. The lowest BCUT2D eigenvalue weighted by Crippen LogP contribution is -2.40. The van der Waals surface area contributed by atoms with Crippen LogP contribution in [0.2, 0.25) is 10.0 Å². The summed E-state index contributed by atoms with van der Waals surface area (Å²) in [4.78, 5) is 0.136. The number of hydrogen-bond donors (Lipinski definition) is 1. The van der Waals surface area contributed by atoms with Crippen LogP contribution in [0, 0.1) is 0 Å². The number of benzene rings is 2. The minimum absolute atomic E-state index is 0.136. The van der Waals surface area contributed by atoms with E-state index in [1.807, 2.05) is 0 Å². The molecule has 0 fully saturated rings. The maximum absolute atomic E-state index is 12.4. The van der Waals surface area contributed by atoms with Crippen molar-refractivity contribution in [2.75, 3.05) is 0 Å². The molecule has 0 atom stereocenters. The van der Waals surface area contributed by atoms with Gasteiger partial charge in [-0.1, -0.05) is 41.4 Å². The Morgan fingerprint density at radius 2 is 1.57 bits per heavy atom. The van der Waals surface area contributed by atoms with E-state index in [1.54, 1.807) is 50.2 Å². The third-order valence-corrected chi connectivity index (χ3v) is 5.20. The molecule has 0 saturated carbocycles. The van der Waals surface area contributed by atoms with Crippen molar-refractivity contribution in [2.45, 2.75) is 24.3 Å². The van der Waals surface area contributed by atoms with Gasteiger partial charge < -0.3 is 0 Å². The second-order valence-corrected chi connectivity index (χ2v) is 7.75. The van der Waals surface area contributed by atoms with E-state index < -0.39 is 15.6 Å². The van der Waals surface area contributed by atoms with Gasteiger partial charge in [-0.2, -0.15) is 0 Å². The van der Waals surface area contributed by atoms with Crippen molar-refractivity contribution in [3.63, 3.8) is 0 Å². The second-order valence-electron chi connectivity index (χ2n) is 5.19. The van der Waals surface area contributed by atoms with Crippen LogP contribution in [0.25, 0.3) is 0 Å². The first kappa shape index (κ1) is 16.3. The van der Waals surface area contributed by atoms with E-state index in [1.165, 1.54) is 12.1 Å². The summed E-state index contributed by atoms with van der Waals surface area (Å²) in [5.41, 5.74) is 0.0450. The van der Waals surface area contributed by atoms with Crippen molar-refractivity contribution in [1.82, 2.24) is 4.72 Å². The molecule has 0 bridgehead atoms. The van der Waals surface area contributed by atoms with Crippen LogP contribution in [0.5, 0.6) is 0 Å². The van der Waals surface area contributed by atoms with Gasteiger partial charge in [-0.25, -0.2) is 13.1 Å². The maximum Gasteiger partial charge on any atom is 0.241 e. The molecule has 3 nitrogen and oxygen atoms in total. The Balaban J connectivity index is 2.32. The smallest absolute Gasteiger partial charge is 0.207 e. The molecule has 2 rings (SSSR count). The van der Waals surface area contributed by atoms with Crippen molar-refractivity contribution in [2.24, 2.45) is 0 Å². The lowest BCUT2D eigenvalue weighted by atomic mass is 9.96. The predicted molar refractivity (Wildman–Crippen MR) is 86.3 cm³/mol. The molecule has 0 unspecified atom stereocenters. The molecule has 1 N–H and O–H groups in total. The highest BCUT2D eigenvalue weighted by atomic mass is 35.5. The number of hydrogen-bond acceptors (Lipinski definition) is 2. The molecule has 6 heteroatoms. The van der Waals surface area contributed by atoms with Gasteiger partial charge in [0.1, 0.15) is 0 Å². The van der Waals surface area contributed by atoms with Gasteiger partial charge in [0.15, 0.2) is 0 Å². The standard InChI is InChI=1S/C15H15Cl2NO2S/c1-15(2,11-6-8-12(16)9-7-11)18-21(19,20)14-5-3-4-13(17)10-14/h3-10,18H,1-2H3. The lowest BCUT2D eigenvalue weighted by Gasteiger charge is -2.26. The van der Waals surface area contributed by atoms with Crippen LogP contribution in [-0.2, 0) is 15.6 Å². The molecule has 0 aromatic heterocycles. The summed E-state index contributed by atoms with van der Waals surface area (Å²) in [6.07, 6.45) is 0. The third kappa shape index (κ3) is 3.98. The summed E-state index contributed by atoms with van der Waals surface area (Å²) >= 11 is 11.7. The molecule has 21 heavy (non-hydrogen) atoms. The van der Waals surface area contributed by atoms with E-state index in [2.05, 4.69) is 4.72 Å². The zero-order valence-corrected chi connectivity index (χ0v) is 13.9. The number of sulfonamides is 1. The van der Waals surface area contributed by atoms with Crippen molar-refractivity contribution >= 4 is 33.2 Å². The van der Waals surface area contributed by atoms with Gasteiger partial charge in [0, 0.05) is 10.0 Å². The van der Waals surface area contributed by atoms with E-state index >= 15 is 0 Å². The fourth-order valence-electron chi connectivity index (χ4n) is 1.95. The SMILES string of the molecule is CC(C)(NS(=O)(=O)c1cccc(Cl)c1)c1ccc(Cl)cc1. The topological polar surface area (TPSA) is 46.2 Å². The van der Waals surface area contributed by atoms with Crippen molar-refractivity contribution in [1.29, 1.82) is 0 Å². The molecule has 0 spiro atoms. The van der Waals surface area contributed by atoms with Gasteiger partial charge in [0.05, 0.1) is 10.4 Å². The minimum atomic E-state index is -3.67. The summed E-state index contributed by atoms with van der Waals surface area (Å²) in [5.74, 6) is 0. The molecular formula is C15H15Cl2NO2S. The van der Waals surface area contributed by atoms with Crippen LogP contribution in [0.3, 0.4) is 0 Å². The average Bonchev–Trinajstić information content (AvgIpc) is 2.38. The summed E-state index contributed by atoms with van der Waals surface area (Å²) < 4.78 is 27.6. The van der Waals surface area contributed by atoms with E-state index in [9.17, 15) is 8.42 Å². The first-order valence-electron chi connectivity index (χ1n) is 6.26. The van der Waals surface area contributed by atoms with E-state index in [0.29, 0.717) is 10.0 Å². The Morgan fingerprint density at radius 3 is 2.14 bits per heavy atom. The first-order chi connectivity index (χ1) is 9.71. The van der Waals surface area contributed by atoms with Gasteiger partial charge in [-0.3, -0.25) is 0 Å². The zero-order chi connectivity index (χ0) is 15.7. The molecule has 112 valence electrons. The third-order valence-electron chi connectivity index (χ3n) is 3.06. The molecule has 0 aliphatic rings. The number of rotatable bonds is 4. The summed E-state index contributed by atoms with van der Waals surface area (Å²) in [6.45, 7) is 3.58. The largest absolute Gasteiger partial charge is 0.241 e. The van der Waals surface area contributed by atoms with Crippen LogP contribution in [0.15, 0.2) is 53.4 Å². The van der Waals surface area contributed by atoms with Crippen LogP contribution in [0.4, 0.5) is 0 Å².